The van der Waals surface area contributed by atoms with Gasteiger partial charge in [0.05, 0.1) is 6.61 Å². The van der Waals surface area contributed by atoms with Crippen LogP contribution in [0.5, 0.6) is 0 Å². The monoisotopic (exact) mass is 236 g/mol. The molecule has 0 unspecified atom stereocenters. The Bertz CT molecular complexity index is 203. The molecule has 0 spiro atoms. The van der Waals surface area contributed by atoms with Crippen LogP contribution in [0.3, 0.4) is 0 Å². The highest BCUT2D eigenvalue weighted by Crippen LogP contribution is 2.31. The molecule has 0 aromatic rings. The van der Waals surface area contributed by atoms with Crippen molar-refractivity contribution in [2.75, 3.05) is 26.4 Å². The quantitative estimate of drug-likeness (QED) is 0.506. The maximum absolute atomic E-state index is 10.0. The van der Waals surface area contributed by atoms with Crippen LogP contribution in [0.15, 0.2) is 0 Å². The highest BCUT2D eigenvalue weighted by molar-refractivity contribution is 4.95. The van der Waals surface area contributed by atoms with Crippen molar-refractivity contribution in [3.8, 4) is 0 Å². The Hall–Kier alpha value is -0.240. The fraction of sp³-hybridized carbons (Fsp3) is 1.00. The molecule has 0 aromatic heterocycles. The van der Waals surface area contributed by atoms with Crippen molar-refractivity contribution >= 4 is 0 Å². The van der Waals surface area contributed by atoms with Crippen LogP contribution in [0.1, 0.15) is 13.8 Å². The summed E-state index contributed by atoms with van der Waals surface area (Å²) in [4.78, 5) is 0. The van der Waals surface area contributed by atoms with Gasteiger partial charge >= 0.3 is 0 Å². The third kappa shape index (κ3) is 2.53. The molecule has 1 aliphatic rings. The topological polar surface area (TPSA) is 88.4 Å². The molecule has 3 atom stereocenters. The molecular weight excluding hydrogens is 216 g/mol. The fourth-order valence-electron chi connectivity index (χ4n) is 1.85. The van der Waals surface area contributed by atoms with Crippen LogP contribution in [-0.4, -0.2) is 65.8 Å². The van der Waals surface area contributed by atoms with E-state index in [1.807, 2.05) is 0 Å². The largest absolute Gasteiger partial charge is 0.394 e. The molecule has 1 heterocycles. The average Bonchev–Trinajstić information content (AvgIpc) is 2.57. The summed E-state index contributed by atoms with van der Waals surface area (Å²) in [6.45, 7) is 3.85. The van der Waals surface area contributed by atoms with Crippen molar-refractivity contribution in [2.24, 2.45) is 0 Å². The van der Waals surface area contributed by atoms with Gasteiger partial charge in [0.2, 0.25) is 5.79 Å². The molecule has 0 saturated carbocycles. The minimum Gasteiger partial charge on any atom is -0.394 e. The van der Waals surface area contributed by atoms with Crippen LogP contribution in [-0.2, 0) is 14.2 Å². The molecule has 6 nitrogen and oxygen atoms in total. The molecule has 16 heavy (non-hydrogen) atoms. The van der Waals surface area contributed by atoms with Gasteiger partial charge in [0.1, 0.15) is 24.9 Å². The molecule has 3 N–H and O–H groups in total. The Balaban J connectivity index is 2.73. The Morgan fingerprint density at radius 3 is 2.38 bits per heavy atom. The van der Waals surface area contributed by atoms with Crippen molar-refractivity contribution < 1.29 is 29.5 Å². The second-order valence-electron chi connectivity index (χ2n) is 3.65. The van der Waals surface area contributed by atoms with Gasteiger partial charge in [0.25, 0.3) is 0 Å². The Labute approximate surface area is 94.7 Å². The zero-order chi connectivity index (χ0) is 12.2. The van der Waals surface area contributed by atoms with Gasteiger partial charge in [-0.25, -0.2) is 0 Å². The van der Waals surface area contributed by atoms with Gasteiger partial charge in [-0.15, -0.1) is 0 Å². The summed E-state index contributed by atoms with van der Waals surface area (Å²) in [7, 11) is 0. The van der Waals surface area contributed by atoms with Gasteiger partial charge in [-0.2, -0.15) is 0 Å². The average molecular weight is 236 g/mol. The van der Waals surface area contributed by atoms with Crippen LogP contribution < -0.4 is 0 Å². The minimum atomic E-state index is -1.23. The zero-order valence-corrected chi connectivity index (χ0v) is 9.63. The number of hydrogen-bond donors (Lipinski definition) is 3. The Morgan fingerprint density at radius 1 is 1.38 bits per heavy atom. The van der Waals surface area contributed by atoms with Crippen LogP contribution in [0.25, 0.3) is 0 Å². The van der Waals surface area contributed by atoms with Crippen molar-refractivity contribution in [3.05, 3.63) is 0 Å². The molecule has 0 radical (unpaired) electrons. The Morgan fingerprint density at radius 2 is 1.94 bits per heavy atom. The molecule has 0 bridgehead atoms. The van der Waals surface area contributed by atoms with E-state index < -0.39 is 30.7 Å². The van der Waals surface area contributed by atoms with E-state index in [0.29, 0.717) is 13.2 Å². The smallest absolute Gasteiger partial charge is 0.221 e. The van der Waals surface area contributed by atoms with Gasteiger partial charge in [0.15, 0.2) is 0 Å². The second-order valence-corrected chi connectivity index (χ2v) is 3.65. The van der Waals surface area contributed by atoms with Crippen LogP contribution >= 0.6 is 0 Å². The summed E-state index contributed by atoms with van der Waals surface area (Å²) in [6.07, 6.45) is -3.14. The highest BCUT2D eigenvalue weighted by Gasteiger charge is 2.53. The molecular formula is C10H20O6. The molecule has 6 heteroatoms. The van der Waals surface area contributed by atoms with Crippen LogP contribution in [0.2, 0.25) is 0 Å². The van der Waals surface area contributed by atoms with Crippen LogP contribution in [0.4, 0.5) is 0 Å². The third-order valence-electron chi connectivity index (χ3n) is 2.58. The normalized spacial score (nSPS) is 30.6. The van der Waals surface area contributed by atoms with Gasteiger partial charge in [0, 0.05) is 13.2 Å². The number of hydrogen-bond acceptors (Lipinski definition) is 6. The lowest BCUT2D eigenvalue weighted by Crippen LogP contribution is -2.51. The maximum Gasteiger partial charge on any atom is 0.221 e. The van der Waals surface area contributed by atoms with Crippen molar-refractivity contribution in [3.63, 3.8) is 0 Å². The first-order chi connectivity index (χ1) is 7.61. The van der Waals surface area contributed by atoms with E-state index in [4.69, 9.17) is 19.3 Å². The van der Waals surface area contributed by atoms with Gasteiger partial charge in [-0.05, 0) is 13.8 Å². The lowest BCUT2D eigenvalue weighted by Gasteiger charge is -2.31. The van der Waals surface area contributed by atoms with Gasteiger partial charge in [-0.1, -0.05) is 0 Å². The van der Waals surface area contributed by atoms with Crippen molar-refractivity contribution in [1.29, 1.82) is 0 Å². The molecule has 1 rings (SSSR count). The van der Waals surface area contributed by atoms with E-state index in [-0.39, 0.29) is 6.61 Å². The molecule has 1 saturated heterocycles. The summed E-state index contributed by atoms with van der Waals surface area (Å²) < 4.78 is 16.0. The van der Waals surface area contributed by atoms with Crippen LogP contribution in [0, 0.1) is 0 Å². The summed E-state index contributed by atoms with van der Waals surface area (Å²) in [5, 5.41) is 28.3. The van der Waals surface area contributed by atoms with E-state index in [0.717, 1.165) is 0 Å². The van der Waals surface area contributed by atoms with E-state index in [9.17, 15) is 10.2 Å². The highest BCUT2D eigenvalue weighted by atomic mass is 16.7. The Kier molecular flexibility index (Phi) is 5.10. The molecule has 1 aliphatic heterocycles. The number of rotatable bonds is 6. The summed E-state index contributed by atoms with van der Waals surface area (Å²) in [5.74, 6) is -1.23. The second kappa shape index (κ2) is 5.90. The van der Waals surface area contributed by atoms with Gasteiger partial charge < -0.3 is 29.5 Å². The van der Waals surface area contributed by atoms with E-state index >= 15 is 0 Å². The SMILES string of the molecule is CCOC1(OCC)CO[C@H]([C@H](O)CO)[C@@H]1O. The lowest BCUT2D eigenvalue weighted by atomic mass is 10.0. The van der Waals surface area contributed by atoms with Crippen molar-refractivity contribution in [2.45, 2.75) is 37.9 Å². The molecule has 96 valence electrons. The maximum atomic E-state index is 10.0. The first-order valence-electron chi connectivity index (χ1n) is 5.47. The van der Waals surface area contributed by atoms with E-state index in [2.05, 4.69) is 0 Å². The molecule has 0 aliphatic carbocycles. The fourth-order valence-corrected chi connectivity index (χ4v) is 1.85. The summed E-state index contributed by atoms with van der Waals surface area (Å²) in [6, 6.07) is 0. The summed E-state index contributed by atoms with van der Waals surface area (Å²) >= 11 is 0. The van der Waals surface area contributed by atoms with Gasteiger partial charge in [-0.3, -0.25) is 0 Å². The van der Waals surface area contributed by atoms with E-state index in [1.54, 1.807) is 13.8 Å². The van der Waals surface area contributed by atoms with E-state index in [1.165, 1.54) is 0 Å². The lowest BCUT2D eigenvalue weighted by molar-refractivity contribution is -0.265. The first kappa shape index (κ1) is 13.8. The predicted octanol–water partition coefficient (Wildman–Crippen LogP) is -1.13. The zero-order valence-electron chi connectivity index (χ0n) is 9.63. The molecule has 0 aromatic carbocycles. The minimum absolute atomic E-state index is 0.0393. The molecule has 1 fully saturated rings. The standard InChI is InChI=1S/C10H20O6/c1-3-15-10(16-4-2)6-14-8(9(10)13)7(12)5-11/h7-9,11-13H,3-6H2,1-2H3/t7-,8-,9+/m1/s1. The predicted molar refractivity (Wildman–Crippen MR) is 54.8 cm³/mol. The summed E-state index contributed by atoms with van der Waals surface area (Å²) in [5.41, 5.74) is 0. The number of aliphatic hydroxyl groups excluding tert-OH is 3. The third-order valence-corrected chi connectivity index (χ3v) is 2.58. The van der Waals surface area contributed by atoms with Crippen molar-refractivity contribution in [1.82, 2.24) is 0 Å². The number of aliphatic hydroxyl groups is 3. The number of ether oxygens (including phenoxy) is 3. The first-order valence-corrected chi connectivity index (χ1v) is 5.47. The molecule has 0 amide bonds.